The zero-order valence-electron chi connectivity index (χ0n) is 9.36. The maximum Gasteiger partial charge on any atom is 0.203 e. The molecule has 3 heterocycles. The van der Waals surface area contributed by atoms with Gasteiger partial charge in [-0.05, 0) is 38.1 Å². The number of aromatic nitrogens is 2. The van der Waals surface area contributed by atoms with E-state index in [2.05, 4.69) is 22.2 Å². The van der Waals surface area contributed by atoms with Crippen LogP contribution in [0.1, 0.15) is 25.7 Å². The lowest BCUT2D eigenvalue weighted by Gasteiger charge is -2.30. The molecule has 1 saturated heterocycles. The lowest BCUT2D eigenvalue weighted by molar-refractivity contribution is 0.275. The van der Waals surface area contributed by atoms with E-state index < -0.39 is 0 Å². The van der Waals surface area contributed by atoms with E-state index in [9.17, 15) is 0 Å². The minimum Gasteiger partial charge on any atom is -0.438 e. The van der Waals surface area contributed by atoms with Gasteiger partial charge in [-0.1, -0.05) is 6.92 Å². The molecule has 2 aromatic heterocycles. The number of rotatable bonds is 1. The van der Waals surface area contributed by atoms with Crippen molar-refractivity contribution >= 4 is 11.2 Å². The molecule has 1 aliphatic heterocycles. The largest absolute Gasteiger partial charge is 0.438 e. The fourth-order valence-corrected chi connectivity index (χ4v) is 2.22. The number of nitrogens with zero attached hydrogens (tertiary/aromatic N) is 2. The smallest absolute Gasteiger partial charge is 0.203 e. The third kappa shape index (κ3) is 1.50. The van der Waals surface area contributed by atoms with E-state index in [1.807, 2.05) is 12.1 Å². The summed E-state index contributed by atoms with van der Waals surface area (Å²) in [6.07, 6.45) is 3.89. The van der Waals surface area contributed by atoms with E-state index in [1.165, 1.54) is 0 Å². The number of fused-ring (bicyclic) bond motifs is 1. The molecule has 4 heteroatoms. The Morgan fingerprint density at radius 1 is 1.38 bits per heavy atom. The Bertz CT molecular complexity index is 467. The van der Waals surface area contributed by atoms with E-state index >= 15 is 0 Å². The topological polar surface area (TPSA) is 51.0 Å². The SMILES string of the molecule is CC1(c2nc3ncccc3o2)CCNCC1. The fraction of sp³-hybridized carbons (Fsp3) is 0.500. The average Bonchev–Trinajstić information content (AvgIpc) is 2.74. The van der Waals surface area contributed by atoms with Gasteiger partial charge in [0, 0.05) is 11.6 Å². The van der Waals surface area contributed by atoms with E-state index in [0.717, 1.165) is 43.1 Å². The lowest BCUT2D eigenvalue weighted by atomic mass is 9.81. The van der Waals surface area contributed by atoms with Crippen LogP contribution in [0.25, 0.3) is 11.2 Å². The number of pyridine rings is 1. The van der Waals surface area contributed by atoms with Gasteiger partial charge >= 0.3 is 0 Å². The van der Waals surface area contributed by atoms with Crippen LogP contribution in [-0.4, -0.2) is 23.1 Å². The van der Waals surface area contributed by atoms with Gasteiger partial charge in [0.15, 0.2) is 11.2 Å². The van der Waals surface area contributed by atoms with Crippen molar-refractivity contribution in [2.45, 2.75) is 25.2 Å². The Morgan fingerprint density at radius 3 is 2.94 bits per heavy atom. The van der Waals surface area contributed by atoms with Crippen LogP contribution >= 0.6 is 0 Å². The van der Waals surface area contributed by atoms with Crippen molar-refractivity contribution in [1.82, 2.24) is 15.3 Å². The normalized spacial score (nSPS) is 20.1. The molecule has 0 radical (unpaired) electrons. The summed E-state index contributed by atoms with van der Waals surface area (Å²) in [4.78, 5) is 8.71. The summed E-state index contributed by atoms with van der Waals surface area (Å²) in [5, 5.41) is 3.36. The van der Waals surface area contributed by atoms with Gasteiger partial charge < -0.3 is 9.73 Å². The summed E-state index contributed by atoms with van der Waals surface area (Å²) < 4.78 is 5.81. The molecule has 3 rings (SSSR count). The highest BCUT2D eigenvalue weighted by Crippen LogP contribution is 2.33. The second kappa shape index (κ2) is 3.56. The Labute approximate surface area is 94.1 Å². The lowest BCUT2D eigenvalue weighted by Crippen LogP contribution is -2.37. The molecule has 0 atom stereocenters. The van der Waals surface area contributed by atoms with Crippen LogP contribution in [0.4, 0.5) is 0 Å². The molecule has 84 valence electrons. The number of hydrogen-bond donors (Lipinski definition) is 1. The van der Waals surface area contributed by atoms with Crippen molar-refractivity contribution in [3.05, 3.63) is 24.2 Å². The summed E-state index contributed by atoms with van der Waals surface area (Å²) in [5.41, 5.74) is 1.57. The third-order valence-corrected chi connectivity index (χ3v) is 3.39. The van der Waals surface area contributed by atoms with Crippen LogP contribution in [0.15, 0.2) is 22.7 Å². The Hall–Kier alpha value is -1.42. The number of oxazole rings is 1. The molecule has 1 fully saturated rings. The van der Waals surface area contributed by atoms with Gasteiger partial charge in [0.05, 0.1) is 0 Å². The van der Waals surface area contributed by atoms with Crippen molar-refractivity contribution < 1.29 is 4.42 Å². The highest BCUT2D eigenvalue weighted by atomic mass is 16.3. The van der Waals surface area contributed by atoms with Gasteiger partial charge in [-0.15, -0.1) is 0 Å². The second-order valence-corrected chi connectivity index (χ2v) is 4.65. The highest BCUT2D eigenvalue weighted by Gasteiger charge is 2.33. The zero-order chi connectivity index (χ0) is 11.0. The summed E-state index contributed by atoms with van der Waals surface area (Å²) in [6.45, 7) is 4.28. The molecule has 0 aliphatic carbocycles. The van der Waals surface area contributed by atoms with Crippen LogP contribution in [-0.2, 0) is 5.41 Å². The Balaban J connectivity index is 2.04. The third-order valence-electron chi connectivity index (χ3n) is 3.39. The summed E-state index contributed by atoms with van der Waals surface area (Å²) in [5.74, 6) is 0.836. The molecule has 4 nitrogen and oxygen atoms in total. The number of piperidine rings is 1. The van der Waals surface area contributed by atoms with Crippen molar-refractivity contribution in [2.75, 3.05) is 13.1 Å². The van der Waals surface area contributed by atoms with Crippen LogP contribution in [0.5, 0.6) is 0 Å². The molecule has 2 aromatic rings. The maximum atomic E-state index is 5.81. The van der Waals surface area contributed by atoms with Gasteiger partial charge in [-0.25, -0.2) is 4.98 Å². The molecule has 0 spiro atoms. The first-order valence-corrected chi connectivity index (χ1v) is 5.71. The van der Waals surface area contributed by atoms with E-state index in [0.29, 0.717) is 0 Å². The number of nitrogens with one attached hydrogen (secondary N) is 1. The van der Waals surface area contributed by atoms with Crippen LogP contribution < -0.4 is 5.32 Å². The Kier molecular flexibility index (Phi) is 2.17. The molecule has 1 aliphatic rings. The van der Waals surface area contributed by atoms with Gasteiger partial charge in [-0.2, -0.15) is 4.98 Å². The zero-order valence-corrected chi connectivity index (χ0v) is 9.36. The first-order valence-electron chi connectivity index (χ1n) is 5.71. The van der Waals surface area contributed by atoms with Crippen molar-refractivity contribution in [3.8, 4) is 0 Å². The molecule has 16 heavy (non-hydrogen) atoms. The molecular weight excluding hydrogens is 202 g/mol. The highest BCUT2D eigenvalue weighted by molar-refractivity contribution is 5.67. The minimum absolute atomic E-state index is 0.0615. The maximum absolute atomic E-state index is 5.81. The molecule has 0 amide bonds. The predicted molar refractivity (Wildman–Crippen MR) is 61.3 cm³/mol. The average molecular weight is 217 g/mol. The van der Waals surface area contributed by atoms with Gasteiger partial charge in [0.1, 0.15) is 0 Å². The molecular formula is C12H15N3O. The minimum atomic E-state index is 0.0615. The van der Waals surface area contributed by atoms with Crippen LogP contribution in [0, 0.1) is 0 Å². The molecule has 1 N–H and O–H groups in total. The van der Waals surface area contributed by atoms with E-state index in [1.54, 1.807) is 6.20 Å². The summed E-state index contributed by atoms with van der Waals surface area (Å²) in [6, 6.07) is 3.80. The predicted octanol–water partition coefficient (Wildman–Crippen LogP) is 1.86. The van der Waals surface area contributed by atoms with Crippen LogP contribution in [0.2, 0.25) is 0 Å². The molecule has 0 aromatic carbocycles. The van der Waals surface area contributed by atoms with Crippen LogP contribution in [0.3, 0.4) is 0 Å². The first-order chi connectivity index (χ1) is 7.78. The van der Waals surface area contributed by atoms with Crippen molar-refractivity contribution in [1.29, 1.82) is 0 Å². The van der Waals surface area contributed by atoms with Gasteiger partial charge in [-0.3, -0.25) is 0 Å². The standard InChI is InChI=1S/C12H15N3O/c1-12(4-7-13-8-5-12)11-15-10-9(16-11)3-2-6-14-10/h2-3,6,13H,4-5,7-8H2,1H3. The van der Waals surface area contributed by atoms with Gasteiger partial charge in [0.2, 0.25) is 5.89 Å². The molecule has 0 unspecified atom stereocenters. The fourth-order valence-electron chi connectivity index (χ4n) is 2.22. The van der Waals surface area contributed by atoms with Crippen molar-refractivity contribution in [3.63, 3.8) is 0 Å². The first kappa shape index (κ1) is 9.78. The summed E-state index contributed by atoms with van der Waals surface area (Å²) in [7, 11) is 0. The summed E-state index contributed by atoms with van der Waals surface area (Å²) >= 11 is 0. The van der Waals surface area contributed by atoms with E-state index in [-0.39, 0.29) is 5.41 Å². The van der Waals surface area contributed by atoms with Gasteiger partial charge in [0.25, 0.3) is 0 Å². The molecule has 0 saturated carbocycles. The monoisotopic (exact) mass is 217 g/mol. The quantitative estimate of drug-likeness (QED) is 0.792. The molecule has 0 bridgehead atoms. The van der Waals surface area contributed by atoms with E-state index in [4.69, 9.17) is 4.42 Å². The Morgan fingerprint density at radius 2 is 2.19 bits per heavy atom. The number of hydrogen-bond acceptors (Lipinski definition) is 4. The second-order valence-electron chi connectivity index (χ2n) is 4.65. The van der Waals surface area contributed by atoms with Crippen molar-refractivity contribution in [2.24, 2.45) is 0 Å².